The maximum absolute atomic E-state index is 13.4. The second kappa shape index (κ2) is 10.5. The zero-order chi connectivity index (χ0) is 26.9. The predicted molar refractivity (Wildman–Crippen MR) is 135 cm³/mol. The molecular formula is C24H32F3N3O4S2. The molecule has 0 aliphatic carbocycles. The van der Waals surface area contributed by atoms with Crippen molar-refractivity contribution >= 4 is 28.3 Å². The number of rotatable bonds is 8. The van der Waals surface area contributed by atoms with Crippen LogP contribution >= 0.6 is 12.6 Å². The average molecular weight is 548 g/mol. The predicted octanol–water partition coefficient (Wildman–Crippen LogP) is 2.99. The van der Waals surface area contributed by atoms with E-state index in [1.165, 1.54) is 34.6 Å². The number of aliphatic hydroxyl groups is 2. The molecule has 1 heterocycles. The van der Waals surface area contributed by atoms with Gasteiger partial charge in [0.1, 0.15) is 0 Å². The summed E-state index contributed by atoms with van der Waals surface area (Å²) in [6.07, 6.45) is -4.83. The zero-order valence-corrected chi connectivity index (χ0v) is 22.0. The van der Waals surface area contributed by atoms with Crippen molar-refractivity contribution in [1.29, 1.82) is 0 Å². The number of benzene rings is 2. The van der Waals surface area contributed by atoms with Crippen molar-refractivity contribution in [2.75, 3.05) is 37.7 Å². The number of anilines is 1. The minimum Gasteiger partial charge on any atom is -0.394 e. The third-order valence-electron chi connectivity index (χ3n) is 6.45. The van der Waals surface area contributed by atoms with E-state index in [1.54, 1.807) is 32.0 Å². The van der Waals surface area contributed by atoms with Gasteiger partial charge in [0.2, 0.25) is 10.0 Å². The maximum Gasteiger partial charge on any atom is 0.421 e. The lowest BCUT2D eigenvalue weighted by Gasteiger charge is -2.43. The molecule has 3 N–H and O–H groups in total. The van der Waals surface area contributed by atoms with Crippen molar-refractivity contribution in [1.82, 2.24) is 9.62 Å². The summed E-state index contributed by atoms with van der Waals surface area (Å²) in [5.41, 5.74) is -3.32. The van der Waals surface area contributed by atoms with Gasteiger partial charge < -0.3 is 20.4 Å². The normalized spacial score (nSPS) is 19.8. The molecule has 3 rings (SSSR count). The molecule has 2 aromatic carbocycles. The molecule has 0 unspecified atom stereocenters. The van der Waals surface area contributed by atoms with Gasteiger partial charge in [-0.05, 0) is 50.6 Å². The van der Waals surface area contributed by atoms with E-state index >= 15 is 0 Å². The first-order valence-corrected chi connectivity index (χ1v) is 13.3. The van der Waals surface area contributed by atoms with Gasteiger partial charge in [0, 0.05) is 42.3 Å². The molecule has 1 fully saturated rings. The Kier molecular flexibility index (Phi) is 8.38. The van der Waals surface area contributed by atoms with Crippen LogP contribution in [0.25, 0.3) is 0 Å². The number of hydrogen-bond acceptors (Lipinski definition) is 7. The molecule has 0 spiro atoms. The molecule has 0 bridgehead atoms. The molecule has 200 valence electrons. The number of halogens is 3. The van der Waals surface area contributed by atoms with Gasteiger partial charge in [0.15, 0.2) is 5.60 Å². The second-order valence-electron chi connectivity index (χ2n) is 9.72. The Labute approximate surface area is 215 Å². The van der Waals surface area contributed by atoms with E-state index in [9.17, 15) is 31.8 Å². The van der Waals surface area contributed by atoms with Gasteiger partial charge in [-0.25, -0.2) is 8.42 Å². The number of piperazine rings is 1. The Balaban J connectivity index is 1.90. The SMILES string of the molecule is CC(C)(CO)NC[C@@H]1CN(S(=O)(=O)c2ccccc2S)CCN1c1ccc([C@](C)(O)C(F)(F)F)cc1. The molecule has 36 heavy (non-hydrogen) atoms. The van der Waals surface area contributed by atoms with Gasteiger partial charge in [-0.1, -0.05) is 24.3 Å². The standard InChI is InChI=1S/C24H32F3N3O4S2/c1-22(2,16-31)28-14-19-15-29(36(33,34)21-7-5-4-6-20(21)35)12-13-30(19)18-10-8-17(9-11-18)23(3,32)24(25,26)27/h4-11,19,28,31-32,35H,12-16H2,1-3H3/t19-,23+/m1/s1. The Morgan fingerprint density at radius 3 is 2.22 bits per heavy atom. The van der Waals surface area contributed by atoms with Gasteiger partial charge >= 0.3 is 6.18 Å². The molecule has 12 heteroatoms. The zero-order valence-electron chi connectivity index (χ0n) is 20.3. The number of nitrogens with zero attached hydrogens (tertiary/aromatic N) is 2. The van der Waals surface area contributed by atoms with Crippen molar-refractivity contribution in [2.45, 2.75) is 53.9 Å². The van der Waals surface area contributed by atoms with E-state index in [-0.39, 0.29) is 42.7 Å². The van der Waals surface area contributed by atoms with Gasteiger partial charge in [-0.2, -0.15) is 17.5 Å². The summed E-state index contributed by atoms with van der Waals surface area (Å²) in [6, 6.07) is 11.5. The quantitative estimate of drug-likeness (QED) is 0.380. The summed E-state index contributed by atoms with van der Waals surface area (Å²) in [4.78, 5) is 2.36. The lowest BCUT2D eigenvalue weighted by molar-refractivity contribution is -0.258. The summed E-state index contributed by atoms with van der Waals surface area (Å²) in [7, 11) is -3.84. The van der Waals surface area contributed by atoms with Crippen LogP contribution < -0.4 is 10.2 Å². The van der Waals surface area contributed by atoms with Crippen LogP contribution in [0.5, 0.6) is 0 Å². The lowest BCUT2D eigenvalue weighted by atomic mass is 9.95. The van der Waals surface area contributed by atoms with E-state index in [0.29, 0.717) is 24.1 Å². The molecule has 0 amide bonds. The number of nitrogens with one attached hydrogen (secondary N) is 1. The molecule has 0 aromatic heterocycles. The van der Waals surface area contributed by atoms with Crippen LogP contribution in [0.4, 0.5) is 18.9 Å². The van der Waals surface area contributed by atoms with Crippen molar-refractivity contribution in [3.63, 3.8) is 0 Å². The van der Waals surface area contributed by atoms with Gasteiger partial charge in [-0.3, -0.25) is 0 Å². The number of aliphatic hydroxyl groups excluding tert-OH is 1. The van der Waals surface area contributed by atoms with E-state index in [1.807, 2.05) is 4.90 Å². The molecule has 1 aliphatic heterocycles. The Morgan fingerprint density at radius 1 is 1.06 bits per heavy atom. The van der Waals surface area contributed by atoms with Gasteiger partial charge in [-0.15, -0.1) is 12.6 Å². The molecule has 0 radical (unpaired) electrons. The molecule has 0 saturated carbocycles. The first-order chi connectivity index (χ1) is 16.6. The summed E-state index contributed by atoms with van der Waals surface area (Å²) in [5.74, 6) is 0. The highest BCUT2D eigenvalue weighted by Gasteiger charge is 2.51. The maximum atomic E-state index is 13.4. The fraction of sp³-hybridized carbons (Fsp3) is 0.500. The second-order valence-corrected chi connectivity index (χ2v) is 12.1. The number of sulfonamides is 1. The first-order valence-electron chi connectivity index (χ1n) is 11.4. The minimum atomic E-state index is -4.83. The molecular weight excluding hydrogens is 515 g/mol. The largest absolute Gasteiger partial charge is 0.421 e. The summed E-state index contributed by atoms with van der Waals surface area (Å²) in [5, 5.41) is 22.9. The number of hydrogen-bond donors (Lipinski definition) is 4. The van der Waals surface area contributed by atoms with Crippen LogP contribution in [0.1, 0.15) is 26.3 Å². The van der Waals surface area contributed by atoms with Crippen LogP contribution in [0.3, 0.4) is 0 Å². The monoisotopic (exact) mass is 547 g/mol. The topological polar surface area (TPSA) is 93.1 Å². The average Bonchev–Trinajstić information content (AvgIpc) is 2.82. The Morgan fingerprint density at radius 2 is 1.67 bits per heavy atom. The smallest absolute Gasteiger partial charge is 0.394 e. The van der Waals surface area contributed by atoms with E-state index in [2.05, 4.69) is 17.9 Å². The van der Waals surface area contributed by atoms with Gasteiger partial charge in [0.05, 0.1) is 17.5 Å². The van der Waals surface area contributed by atoms with E-state index < -0.39 is 27.3 Å². The van der Waals surface area contributed by atoms with Crippen molar-refractivity contribution in [2.24, 2.45) is 0 Å². The lowest BCUT2D eigenvalue weighted by Crippen LogP contribution is -2.60. The minimum absolute atomic E-state index is 0.0999. The molecule has 1 saturated heterocycles. The van der Waals surface area contributed by atoms with Crippen LogP contribution in [-0.2, 0) is 15.6 Å². The van der Waals surface area contributed by atoms with Gasteiger partial charge in [0.25, 0.3) is 0 Å². The fourth-order valence-electron chi connectivity index (χ4n) is 3.97. The van der Waals surface area contributed by atoms with E-state index in [4.69, 9.17) is 0 Å². The highest BCUT2D eigenvalue weighted by atomic mass is 32.2. The molecule has 2 atom stereocenters. The summed E-state index contributed by atoms with van der Waals surface area (Å²) in [6.45, 7) is 5.04. The fourth-order valence-corrected chi connectivity index (χ4v) is 6.02. The summed E-state index contributed by atoms with van der Waals surface area (Å²) >= 11 is 4.30. The van der Waals surface area contributed by atoms with Crippen molar-refractivity contribution in [3.8, 4) is 0 Å². The van der Waals surface area contributed by atoms with Crippen molar-refractivity contribution < 1.29 is 31.8 Å². The third-order valence-corrected chi connectivity index (χ3v) is 8.92. The highest BCUT2D eigenvalue weighted by Crippen LogP contribution is 2.39. The van der Waals surface area contributed by atoms with Crippen LogP contribution in [0.15, 0.2) is 58.3 Å². The molecule has 2 aromatic rings. The summed E-state index contributed by atoms with van der Waals surface area (Å²) < 4.78 is 67.9. The van der Waals surface area contributed by atoms with E-state index in [0.717, 1.165) is 0 Å². The van der Waals surface area contributed by atoms with Crippen molar-refractivity contribution in [3.05, 3.63) is 54.1 Å². The molecule has 1 aliphatic rings. The number of alkyl halides is 3. The Bertz CT molecular complexity index is 1160. The van der Waals surface area contributed by atoms with Crippen LogP contribution in [0, 0.1) is 0 Å². The van der Waals surface area contributed by atoms with Crippen LogP contribution in [0.2, 0.25) is 0 Å². The first kappa shape index (κ1) is 28.7. The Hall–Kier alpha value is -1.83. The number of thiol groups is 1. The third kappa shape index (κ3) is 6.00. The highest BCUT2D eigenvalue weighted by molar-refractivity contribution is 7.90. The van der Waals surface area contributed by atoms with Crippen LogP contribution in [-0.4, -0.2) is 73.5 Å². The molecule has 7 nitrogen and oxygen atoms in total.